The van der Waals surface area contributed by atoms with E-state index in [1.165, 1.54) is 12.1 Å². The Morgan fingerprint density at radius 2 is 1.97 bits per heavy atom. The molecule has 0 unspecified atom stereocenters. The van der Waals surface area contributed by atoms with Crippen LogP contribution in [-0.4, -0.2) is 31.2 Å². The molecule has 0 aliphatic rings. The maximum absolute atomic E-state index is 13.0. The van der Waals surface area contributed by atoms with Gasteiger partial charge in [0.1, 0.15) is 5.02 Å². The number of fused-ring (bicyclic) bond motifs is 1. The van der Waals surface area contributed by atoms with E-state index in [9.17, 15) is 28.1 Å². The van der Waals surface area contributed by atoms with Gasteiger partial charge in [-0.3, -0.25) is 19.3 Å². The third kappa shape index (κ3) is 4.71. The molecule has 1 amide bonds. The molecule has 2 aromatic heterocycles. The largest absolute Gasteiger partial charge is 0.417 e. The summed E-state index contributed by atoms with van der Waals surface area (Å²) in [6, 6.07) is 4.46. The van der Waals surface area contributed by atoms with E-state index >= 15 is 0 Å². The number of nitro benzene ring substituents is 1. The number of amides is 1. The number of alkyl halides is 3. The van der Waals surface area contributed by atoms with Crippen LogP contribution in [0.2, 0.25) is 10.0 Å². The van der Waals surface area contributed by atoms with Crippen LogP contribution in [0.4, 0.5) is 24.5 Å². The van der Waals surface area contributed by atoms with Gasteiger partial charge in [-0.2, -0.15) is 13.2 Å². The molecule has 0 atom stereocenters. The van der Waals surface area contributed by atoms with E-state index in [0.29, 0.717) is 0 Å². The van der Waals surface area contributed by atoms with E-state index in [4.69, 9.17) is 23.2 Å². The zero-order chi connectivity index (χ0) is 21.3. The standard InChI is InChI=1S/C15H8Cl2F3N5O3S/c16-9-2-1-8(4-11(9)25(27)28)21-12(26)6-29-14-23-22-13-10(17)3-7(5-24(13)14)15(18,19)20/h1-5H,6H2,(H,21,26). The van der Waals surface area contributed by atoms with Crippen LogP contribution >= 0.6 is 35.0 Å². The van der Waals surface area contributed by atoms with Crippen molar-refractivity contribution < 1.29 is 22.9 Å². The van der Waals surface area contributed by atoms with Crippen molar-refractivity contribution in [3.63, 3.8) is 0 Å². The van der Waals surface area contributed by atoms with Crippen molar-refractivity contribution in [2.75, 3.05) is 11.1 Å². The number of nitro groups is 1. The fourth-order valence-corrected chi connectivity index (χ4v) is 3.39. The minimum atomic E-state index is -4.62. The number of carbonyl (C=O) groups is 1. The monoisotopic (exact) mass is 465 g/mol. The van der Waals surface area contributed by atoms with Gasteiger partial charge in [0.05, 0.1) is 21.3 Å². The van der Waals surface area contributed by atoms with Gasteiger partial charge in [0.15, 0.2) is 10.8 Å². The quantitative estimate of drug-likeness (QED) is 0.333. The molecule has 0 aliphatic heterocycles. The third-order valence-electron chi connectivity index (χ3n) is 3.51. The number of pyridine rings is 1. The Kier molecular flexibility index (Phi) is 5.87. The van der Waals surface area contributed by atoms with Gasteiger partial charge >= 0.3 is 6.18 Å². The Morgan fingerprint density at radius 3 is 2.62 bits per heavy atom. The van der Waals surface area contributed by atoms with Crippen molar-refractivity contribution in [3.05, 3.63) is 56.2 Å². The highest BCUT2D eigenvalue weighted by Crippen LogP contribution is 2.33. The fourth-order valence-electron chi connectivity index (χ4n) is 2.24. The molecule has 0 saturated heterocycles. The highest BCUT2D eigenvalue weighted by atomic mass is 35.5. The molecular weight excluding hydrogens is 458 g/mol. The number of hydrogen-bond acceptors (Lipinski definition) is 6. The summed E-state index contributed by atoms with van der Waals surface area (Å²) in [5, 5.41) is 20.5. The van der Waals surface area contributed by atoms with Crippen LogP contribution in [0.25, 0.3) is 5.65 Å². The summed E-state index contributed by atoms with van der Waals surface area (Å²) in [6.45, 7) is 0. The number of benzene rings is 1. The first kappa shape index (κ1) is 21.1. The van der Waals surface area contributed by atoms with Crippen LogP contribution in [0.15, 0.2) is 35.6 Å². The molecule has 8 nitrogen and oxygen atoms in total. The summed E-state index contributed by atoms with van der Waals surface area (Å²) < 4.78 is 39.9. The maximum Gasteiger partial charge on any atom is 0.417 e. The molecule has 0 saturated carbocycles. The van der Waals surface area contributed by atoms with Gasteiger partial charge in [0.2, 0.25) is 5.91 Å². The van der Waals surface area contributed by atoms with Gasteiger partial charge in [-0.15, -0.1) is 10.2 Å². The first-order valence-corrected chi connectivity index (χ1v) is 9.28. The molecule has 2 heterocycles. The highest BCUT2D eigenvalue weighted by molar-refractivity contribution is 7.99. The van der Waals surface area contributed by atoms with Gasteiger partial charge in [0.25, 0.3) is 5.69 Å². The summed E-state index contributed by atoms with van der Waals surface area (Å²) in [6.07, 6.45) is -3.84. The molecule has 0 radical (unpaired) electrons. The molecule has 0 bridgehead atoms. The van der Waals surface area contributed by atoms with E-state index in [1.807, 2.05) is 0 Å². The van der Waals surface area contributed by atoms with Crippen molar-refractivity contribution in [2.45, 2.75) is 11.3 Å². The Balaban J connectivity index is 1.75. The number of thioether (sulfide) groups is 1. The third-order valence-corrected chi connectivity index (χ3v) is 5.06. The molecule has 3 rings (SSSR count). The van der Waals surface area contributed by atoms with Gasteiger partial charge < -0.3 is 5.32 Å². The molecule has 1 N–H and O–H groups in total. The van der Waals surface area contributed by atoms with Crippen LogP contribution < -0.4 is 5.32 Å². The van der Waals surface area contributed by atoms with E-state index in [-0.39, 0.29) is 38.0 Å². The number of halogens is 5. The summed E-state index contributed by atoms with van der Waals surface area (Å²) >= 11 is 12.3. The Morgan fingerprint density at radius 1 is 1.24 bits per heavy atom. The topological polar surface area (TPSA) is 102 Å². The lowest BCUT2D eigenvalue weighted by Crippen LogP contribution is -2.14. The van der Waals surface area contributed by atoms with Crippen molar-refractivity contribution in [2.24, 2.45) is 0 Å². The summed E-state index contributed by atoms with van der Waals surface area (Å²) in [7, 11) is 0. The predicted octanol–water partition coefficient (Wildman–Crippen LogP) is 4.69. The molecule has 0 aliphatic carbocycles. The molecule has 152 valence electrons. The lowest BCUT2D eigenvalue weighted by molar-refractivity contribution is -0.384. The number of nitrogens with zero attached hydrogens (tertiary/aromatic N) is 4. The van der Waals surface area contributed by atoms with Crippen LogP contribution in [0.1, 0.15) is 5.56 Å². The fraction of sp³-hybridized carbons (Fsp3) is 0.133. The van der Waals surface area contributed by atoms with Crippen LogP contribution in [0.5, 0.6) is 0 Å². The van der Waals surface area contributed by atoms with Crippen LogP contribution in [0.3, 0.4) is 0 Å². The Bertz CT molecular complexity index is 1120. The first-order valence-electron chi connectivity index (χ1n) is 7.54. The van der Waals surface area contributed by atoms with Crippen molar-refractivity contribution in [1.29, 1.82) is 0 Å². The molecule has 29 heavy (non-hydrogen) atoms. The SMILES string of the molecule is O=C(CSc1nnc2c(Cl)cc(C(F)(F)F)cn12)Nc1ccc(Cl)c([N+](=O)[O-])c1. The first-order chi connectivity index (χ1) is 13.6. The Hall–Kier alpha value is -2.57. The van der Waals surface area contributed by atoms with Gasteiger partial charge in [-0.1, -0.05) is 35.0 Å². The second kappa shape index (κ2) is 8.05. The second-order valence-electron chi connectivity index (χ2n) is 5.51. The minimum Gasteiger partial charge on any atom is -0.325 e. The number of nitrogens with one attached hydrogen (secondary N) is 1. The lowest BCUT2D eigenvalue weighted by Gasteiger charge is -2.09. The summed E-state index contributed by atoms with van der Waals surface area (Å²) in [5.74, 6) is -0.813. The van der Waals surface area contributed by atoms with E-state index in [2.05, 4.69) is 15.5 Å². The second-order valence-corrected chi connectivity index (χ2v) is 7.27. The molecule has 0 fully saturated rings. The van der Waals surface area contributed by atoms with E-state index in [1.54, 1.807) is 0 Å². The number of hydrogen-bond donors (Lipinski definition) is 1. The number of aromatic nitrogens is 3. The van der Waals surface area contributed by atoms with Crippen molar-refractivity contribution in [1.82, 2.24) is 14.6 Å². The highest BCUT2D eigenvalue weighted by Gasteiger charge is 2.32. The number of anilines is 1. The summed E-state index contributed by atoms with van der Waals surface area (Å²) in [4.78, 5) is 22.3. The smallest absolute Gasteiger partial charge is 0.325 e. The molecule has 0 spiro atoms. The van der Waals surface area contributed by atoms with Crippen LogP contribution in [-0.2, 0) is 11.0 Å². The van der Waals surface area contributed by atoms with E-state index < -0.39 is 22.6 Å². The average molecular weight is 466 g/mol. The summed E-state index contributed by atoms with van der Waals surface area (Å²) in [5.41, 5.74) is -1.22. The van der Waals surface area contributed by atoms with E-state index in [0.717, 1.165) is 34.5 Å². The zero-order valence-corrected chi connectivity index (χ0v) is 16.2. The Labute approximate surface area is 174 Å². The van der Waals surface area contributed by atoms with Crippen molar-refractivity contribution >= 4 is 57.9 Å². The predicted molar refractivity (Wildman–Crippen MR) is 100 cm³/mol. The van der Waals surface area contributed by atoms with Gasteiger partial charge in [-0.25, -0.2) is 0 Å². The average Bonchev–Trinajstić information content (AvgIpc) is 3.04. The molecule has 3 aromatic rings. The van der Waals surface area contributed by atoms with Crippen molar-refractivity contribution in [3.8, 4) is 0 Å². The minimum absolute atomic E-state index is 0.0101. The molecule has 14 heteroatoms. The molecular formula is C15H8Cl2F3N5O3S. The van der Waals surface area contributed by atoms with Crippen LogP contribution in [0, 0.1) is 10.1 Å². The normalized spacial score (nSPS) is 11.6. The molecule has 1 aromatic carbocycles. The van der Waals surface area contributed by atoms with Gasteiger partial charge in [-0.05, 0) is 18.2 Å². The lowest BCUT2D eigenvalue weighted by atomic mass is 10.3. The van der Waals surface area contributed by atoms with Gasteiger partial charge in [0, 0.05) is 18.0 Å². The zero-order valence-electron chi connectivity index (χ0n) is 13.9. The number of rotatable bonds is 5. The maximum atomic E-state index is 13.0. The number of carbonyl (C=O) groups excluding carboxylic acids is 1.